The van der Waals surface area contributed by atoms with E-state index in [0.717, 1.165) is 24.1 Å². The van der Waals surface area contributed by atoms with E-state index in [1.54, 1.807) is 24.3 Å². The van der Waals surface area contributed by atoms with Crippen molar-refractivity contribution >= 4 is 11.9 Å². The van der Waals surface area contributed by atoms with Gasteiger partial charge in [-0.2, -0.15) is 5.26 Å². The molecule has 2 rings (SSSR count). The summed E-state index contributed by atoms with van der Waals surface area (Å²) in [6.07, 6.45) is 4.01. The summed E-state index contributed by atoms with van der Waals surface area (Å²) in [5, 5.41) is 17.3. The molecule has 102 valence electrons. The molecule has 0 aromatic heterocycles. The zero-order valence-electron chi connectivity index (χ0n) is 10.7. The van der Waals surface area contributed by atoms with Crippen molar-refractivity contribution in [2.75, 3.05) is 0 Å². The van der Waals surface area contributed by atoms with Gasteiger partial charge >= 0.3 is 11.9 Å². The van der Waals surface area contributed by atoms with Gasteiger partial charge in [0.25, 0.3) is 0 Å². The fraction of sp³-hybridized carbons (Fsp3) is 0.267. The normalized spacial score (nSPS) is 16.1. The molecular formula is C15H13NO4. The van der Waals surface area contributed by atoms with E-state index in [9.17, 15) is 9.59 Å². The molecule has 1 saturated carbocycles. The molecule has 5 nitrogen and oxygen atoms in total. The van der Waals surface area contributed by atoms with Crippen molar-refractivity contribution in [2.45, 2.75) is 24.9 Å². The fourth-order valence-corrected chi connectivity index (χ4v) is 2.16. The van der Waals surface area contributed by atoms with Crippen LogP contribution in [-0.4, -0.2) is 17.0 Å². The van der Waals surface area contributed by atoms with Crippen molar-refractivity contribution in [3.8, 4) is 6.07 Å². The van der Waals surface area contributed by atoms with Crippen LogP contribution >= 0.6 is 0 Å². The largest absolute Gasteiger partial charge is 0.478 e. The Morgan fingerprint density at radius 2 is 1.90 bits per heavy atom. The van der Waals surface area contributed by atoms with Crippen LogP contribution in [0, 0.1) is 11.3 Å². The Bertz CT molecular complexity index is 591. The molecule has 0 aliphatic heterocycles. The summed E-state index contributed by atoms with van der Waals surface area (Å²) in [5.74, 6) is -1.86. The van der Waals surface area contributed by atoms with Crippen LogP contribution in [0.5, 0.6) is 0 Å². The van der Waals surface area contributed by atoms with Gasteiger partial charge in [-0.3, -0.25) is 0 Å². The number of hydrogen-bond acceptors (Lipinski definition) is 4. The number of esters is 1. The van der Waals surface area contributed by atoms with Crippen LogP contribution in [-0.2, 0) is 19.9 Å². The van der Waals surface area contributed by atoms with Crippen molar-refractivity contribution in [3.63, 3.8) is 0 Å². The molecule has 1 aromatic rings. The molecule has 5 heteroatoms. The minimum atomic E-state index is -1.19. The number of aliphatic carboxylic acids is 1. The van der Waals surface area contributed by atoms with Crippen LogP contribution in [0.15, 0.2) is 36.4 Å². The average molecular weight is 271 g/mol. The quantitative estimate of drug-likeness (QED) is 0.669. The lowest BCUT2D eigenvalue weighted by atomic mass is 9.74. The Morgan fingerprint density at radius 3 is 2.35 bits per heavy atom. The van der Waals surface area contributed by atoms with Gasteiger partial charge in [-0.1, -0.05) is 12.1 Å². The Labute approximate surface area is 116 Å². The van der Waals surface area contributed by atoms with E-state index in [-0.39, 0.29) is 0 Å². The van der Waals surface area contributed by atoms with Gasteiger partial charge in [0.15, 0.2) is 0 Å². The molecule has 1 aliphatic carbocycles. The number of nitrogens with zero attached hydrogens (tertiary/aromatic N) is 1. The molecule has 0 atom stereocenters. The van der Waals surface area contributed by atoms with Gasteiger partial charge in [0, 0.05) is 12.2 Å². The zero-order chi connectivity index (χ0) is 14.6. The fourth-order valence-electron chi connectivity index (χ4n) is 2.16. The smallest absolute Gasteiger partial charge is 0.331 e. The van der Waals surface area contributed by atoms with Crippen molar-refractivity contribution in [3.05, 3.63) is 47.5 Å². The number of hydrogen-bond donors (Lipinski definition) is 1. The van der Waals surface area contributed by atoms with Gasteiger partial charge in [0.2, 0.25) is 0 Å². The van der Waals surface area contributed by atoms with Crippen molar-refractivity contribution in [1.29, 1.82) is 5.26 Å². The molecule has 1 aromatic carbocycles. The van der Waals surface area contributed by atoms with Gasteiger partial charge in [-0.25, -0.2) is 9.59 Å². The van der Waals surface area contributed by atoms with Crippen LogP contribution in [0.1, 0.15) is 30.4 Å². The molecule has 0 amide bonds. The van der Waals surface area contributed by atoms with Crippen LogP contribution in [0.3, 0.4) is 0 Å². The van der Waals surface area contributed by atoms with E-state index >= 15 is 0 Å². The van der Waals surface area contributed by atoms with Gasteiger partial charge in [0.1, 0.15) is 5.60 Å². The minimum Gasteiger partial charge on any atom is -0.478 e. The summed E-state index contributed by atoms with van der Waals surface area (Å²) >= 11 is 0. The van der Waals surface area contributed by atoms with Crippen LogP contribution in [0.4, 0.5) is 0 Å². The maximum Gasteiger partial charge on any atom is 0.331 e. The molecular weight excluding hydrogens is 258 g/mol. The second-order valence-corrected chi connectivity index (χ2v) is 4.63. The molecule has 0 radical (unpaired) electrons. The van der Waals surface area contributed by atoms with Gasteiger partial charge in [-0.15, -0.1) is 0 Å². The topological polar surface area (TPSA) is 87.4 Å². The third kappa shape index (κ3) is 2.86. The van der Waals surface area contributed by atoms with Crippen molar-refractivity contribution in [1.82, 2.24) is 0 Å². The first-order chi connectivity index (χ1) is 9.55. The maximum absolute atomic E-state index is 11.6. The summed E-state index contributed by atoms with van der Waals surface area (Å²) in [4.78, 5) is 22.0. The van der Waals surface area contributed by atoms with Crippen molar-refractivity contribution < 1.29 is 19.4 Å². The summed E-state index contributed by atoms with van der Waals surface area (Å²) in [5.41, 5.74) is 0.689. The molecule has 1 fully saturated rings. The van der Waals surface area contributed by atoms with E-state index in [1.165, 1.54) is 0 Å². The lowest BCUT2D eigenvalue weighted by molar-refractivity contribution is -0.165. The van der Waals surface area contributed by atoms with E-state index in [1.807, 2.05) is 6.07 Å². The lowest BCUT2D eigenvalue weighted by Gasteiger charge is -2.41. The number of carbonyl (C=O) groups excluding carboxylic acids is 1. The number of ether oxygens (including phenoxy) is 1. The highest BCUT2D eigenvalue weighted by Gasteiger charge is 2.42. The zero-order valence-corrected chi connectivity index (χ0v) is 10.7. The second kappa shape index (κ2) is 5.57. The molecule has 1 aliphatic rings. The predicted octanol–water partition coefficient (Wildman–Crippen LogP) is 2.12. The molecule has 0 unspecified atom stereocenters. The molecule has 0 saturated heterocycles. The molecule has 20 heavy (non-hydrogen) atoms. The molecule has 0 heterocycles. The van der Waals surface area contributed by atoms with Gasteiger partial charge in [0.05, 0.1) is 11.6 Å². The Morgan fingerprint density at radius 1 is 1.25 bits per heavy atom. The summed E-state index contributed by atoms with van der Waals surface area (Å²) < 4.78 is 5.41. The van der Waals surface area contributed by atoms with Crippen LogP contribution in [0.2, 0.25) is 0 Å². The average Bonchev–Trinajstić information content (AvgIpc) is 2.41. The third-order valence-corrected chi connectivity index (χ3v) is 3.36. The Hall–Kier alpha value is -2.61. The first-order valence-electron chi connectivity index (χ1n) is 6.20. The number of carbonyl (C=O) groups is 2. The Kier molecular flexibility index (Phi) is 3.85. The van der Waals surface area contributed by atoms with E-state index < -0.39 is 17.5 Å². The summed E-state index contributed by atoms with van der Waals surface area (Å²) in [6, 6.07) is 8.92. The first kappa shape index (κ1) is 13.8. The summed E-state index contributed by atoms with van der Waals surface area (Å²) in [6.45, 7) is 0. The number of benzene rings is 1. The highest BCUT2D eigenvalue weighted by molar-refractivity contribution is 5.91. The number of nitriles is 1. The monoisotopic (exact) mass is 271 g/mol. The number of carboxylic acids is 1. The van der Waals surface area contributed by atoms with Crippen molar-refractivity contribution in [2.24, 2.45) is 0 Å². The first-order valence-corrected chi connectivity index (χ1v) is 6.20. The van der Waals surface area contributed by atoms with E-state index in [0.29, 0.717) is 18.4 Å². The van der Waals surface area contributed by atoms with Gasteiger partial charge in [-0.05, 0) is 37.0 Å². The van der Waals surface area contributed by atoms with E-state index in [2.05, 4.69) is 0 Å². The molecule has 0 bridgehead atoms. The standard InChI is InChI=1S/C15H13NO4/c16-10-11-2-4-12(5-3-11)15(8-1-9-15)20-14(19)7-6-13(17)18/h2-7H,1,8-9H2,(H,17,18)/b7-6+. The maximum atomic E-state index is 11.6. The summed E-state index contributed by atoms with van der Waals surface area (Å²) in [7, 11) is 0. The van der Waals surface area contributed by atoms with Crippen LogP contribution < -0.4 is 0 Å². The third-order valence-electron chi connectivity index (χ3n) is 3.36. The highest BCUT2D eigenvalue weighted by atomic mass is 16.6. The van der Waals surface area contributed by atoms with Crippen LogP contribution in [0.25, 0.3) is 0 Å². The van der Waals surface area contributed by atoms with E-state index in [4.69, 9.17) is 15.1 Å². The number of rotatable bonds is 4. The molecule has 0 spiro atoms. The second-order valence-electron chi connectivity index (χ2n) is 4.63. The number of carboxylic acid groups (broad SMARTS) is 1. The predicted molar refractivity (Wildman–Crippen MR) is 69.6 cm³/mol. The van der Waals surface area contributed by atoms with Gasteiger partial charge < -0.3 is 9.84 Å². The minimum absolute atomic E-state index is 0.542. The Balaban J connectivity index is 2.15. The lowest BCUT2D eigenvalue weighted by Crippen LogP contribution is -2.38. The SMILES string of the molecule is N#Cc1ccc(C2(OC(=O)/C=C/C(=O)O)CCC2)cc1. The highest BCUT2D eigenvalue weighted by Crippen LogP contribution is 2.44. The molecule has 1 N–H and O–H groups in total.